The average molecular weight is 376 g/mol. The van der Waals surface area contributed by atoms with Crippen LogP contribution in [0.2, 0.25) is 0 Å². The first-order valence-corrected chi connectivity index (χ1v) is 8.89. The normalized spacial score (nSPS) is 15.8. The summed E-state index contributed by atoms with van der Waals surface area (Å²) in [6.07, 6.45) is 10.0. The lowest BCUT2D eigenvalue weighted by Gasteiger charge is -2.16. The highest BCUT2D eigenvalue weighted by atomic mass is 79.9. The fourth-order valence-electron chi connectivity index (χ4n) is 2.85. The largest absolute Gasteiger partial charge is 0.341 e. The molecule has 1 saturated heterocycles. The lowest BCUT2D eigenvalue weighted by atomic mass is 10.0. The van der Waals surface area contributed by atoms with Gasteiger partial charge in [0.2, 0.25) is 5.95 Å². The second-order valence-corrected chi connectivity index (χ2v) is 6.87. The number of nitrogens with one attached hydrogen (secondary N) is 1. The quantitative estimate of drug-likeness (QED) is 0.840. The van der Waals surface area contributed by atoms with Crippen LogP contribution in [0.4, 0.5) is 5.95 Å². The summed E-state index contributed by atoms with van der Waals surface area (Å²) in [4.78, 5) is 15.3. The number of nitrogens with zero attached hydrogens (tertiary/aromatic N) is 4. The highest BCUT2D eigenvalue weighted by Crippen LogP contribution is 2.23. The van der Waals surface area contributed by atoms with Gasteiger partial charge in [0.25, 0.3) is 0 Å². The third kappa shape index (κ3) is 4.26. The zero-order valence-electron chi connectivity index (χ0n) is 13.4. The molecule has 23 heavy (non-hydrogen) atoms. The summed E-state index contributed by atoms with van der Waals surface area (Å²) < 4.78 is 1.06. The Morgan fingerprint density at radius 2 is 1.96 bits per heavy atom. The summed E-state index contributed by atoms with van der Waals surface area (Å²) in [5.74, 6) is 1.28. The Labute approximate surface area is 145 Å². The zero-order valence-corrected chi connectivity index (χ0v) is 15.0. The molecule has 2 aromatic rings. The van der Waals surface area contributed by atoms with E-state index in [0.29, 0.717) is 5.92 Å². The van der Waals surface area contributed by atoms with Gasteiger partial charge in [-0.25, -0.2) is 9.97 Å². The lowest BCUT2D eigenvalue weighted by molar-refractivity contribution is 0.611. The fraction of sp³-hybridized carbons (Fsp3) is 0.471. The van der Waals surface area contributed by atoms with Crippen molar-refractivity contribution in [2.75, 3.05) is 24.5 Å². The summed E-state index contributed by atoms with van der Waals surface area (Å²) >= 11 is 3.56. The van der Waals surface area contributed by atoms with E-state index in [1.165, 1.54) is 18.4 Å². The highest BCUT2D eigenvalue weighted by molar-refractivity contribution is 9.10. The van der Waals surface area contributed by atoms with Gasteiger partial charge in [0.15, 0.2) is 0 Å². The van der Waals surface area contributed by atoms with Gasteiger partial charge in [-0.3, -0.25) is 4.98 Å². The van der Waals surface area contributed by atoms with Gasteiger partial charge >= 0.3 is 0 Å². The molecular formula is C17H22BrN5. The molecule has 0 spiro atoms. The Morgan fingerprint density at radius 1 is 1.22 bits per heavy atom. The summed E-state index contributed by atoms with van der Waals surface area (Å²) in [6, 6.07) is 2.06. The Kier molecular flexibility index (Phi) is 5.56. The van der Waals surface area contributed by atoms with Gasteiger partial charge in [-0.05, 0) is 46.3 Å². The van der Waals surface area contributed by atoms with Gasteiger partial charge in [-0.15, -0.1) is 0 Å². The van der Waals surface area contributed by atoms with E-state index in [0.717, 1.165) is 42.2 Å². The van der Waals surface area contributed by atoms with Gasteiger partial charge in [-0.2, -0.15) is 0 Å². The van der Waals surface area contributed by atoms with Gasteiger partial charge in [0.05, 0.1) is 0 Å². The molecule has 0 aliphatic carbocycles. The van der Waals surface area contributed by atoms with Crippen LogP contribution in [0.25, 0.3) is 0 Å². The minimum absolute atomic E-state index is 0.414. The smallest absolute Gasteiger partial charge is 0.225 e. The van der Waals surface area contributed by atoms with Crippen molar-refractivity contribution in [3.05, 3.63) is 46.5 Å². The first-order chi connectivity index (χ1) is 11.2. The third-order valence-electron chi connectivity index (χ3n) is 4.19. The van der Waals surface area contributed by atoms with Crippen LogP contribution in [-0.2, 0) is 6.54 Å². The third-order valence-corrected chi connectivity index (χ3v) is 4.86. The minimum Gasteiger partial charge on any atom is -0.341 e. The van der Waals surface area contributed by atoms with Crippen molar-refractivity contribution in [2.24, 2.45) is 0 Å². The number of rotatable bonds is 6. The standard InChI is InChI=1S/C17H22BrN5/c1-13(15-4-5-19-12-16(15)18)8-20-9-14-10-21-17(22-11-14)23-6-2-3-7-23/h4-5,10-13,20H,2-3,6-9H2,1H3. The molecule has 1 aliphatic rings. The number of pyridine rings is 1. The first kappa shape index (κ1) is 16.3. The molecule has 0 aromatic carbocycles. The lowest BCUT2D eigenvalue weighted by Crippen LogP contribution is -2.22. The van der Waals surface area contributed by atoms with E-state index in [2.05, 4.69) is 54.1 Å². The zero-order chi connectivity index (χ0) is 16.1. The Balaban J connectivity index is 1.49. The summed E-state index contributed by atoms with van der Waals surface area (Å²) in [7, 11) is 0. The second kappa shape index (κ2) is 7.84. The van der Waals surface area contributed by atoms with Crippen molar-refractivity contribution in [3.8, 4) is 0 Å². The molecule has 0 radical (unpaired) electrons. The predicted molar refractivity (Wildman–Crippen MR) is 95.5 cm³/mol. The Morgan fingerprint density at radius 3 is 2.65 bits per heavy atom. The van der Waals surface area contributed by atoms with E-state index in [-0.39, 0.29) is 0 Å². The molecule has 0 saturated carbocycles. The van der Waals surface area contributed by atoms with Crippen molar-refractivity contribution in [1.29, 1.82) is 0 Å². The van der Waals surface area contributed by atoms with E-state index in [1.54, 1.807) is 0 Å². The van der Waals surface area contributed by atoms with E-state index in [9.17, 15) is 0 Å². The first-order valence-electron chi connectivity index (χ1n) is 8.10. The highest BCUT2D eigenvalue weighted by Gasteiger charge is 2.14. The molecule has 1 unspecified atom stereocenters. The topological polar surface area (TPSA) is 53.9 Å². The molecule has 0 amide bonds. The average Bonchev–Trinajstić information content (AvgIpc) is 3.10. The van der Waals surface area contributed by atoms with Crippen LogP contribution >= 0.6 is 15.9 Å². The molecular weight excluding hydrogens is 354 g/mol. The fourth-order valence-corrected chi connectivity index (χ4v) is 3.49. The molecule has 0 bridgehead atoms. The Hall–Kier alpha value is -1.53. The van der Waals surface area contributed by atoms with E-state index in [1.807, 2.05) is 24.8 Å². The summed E-state index contributed by atoms with van der Waals surface area (Å²) in [5, 5.41) is 3.48. The Bertz CT molecular complexity index is 625. The SMILES string of the molecule is CC(CNCc1cnc(N2CCCC2)nc1)c1ccncc1Br. The monoisotopic (exact) mass is 375 g/mol. The molecule has 6 heteroatoms. The van der Waals surface area contributed by atoms with Crippen LogP contribution in [0, 0.1) is 0 Å². The van der Waals surface area contributed by atoms with Crippen LogP contribution in [0.5, 0.6) is 0 Å². The van der Waals surface area contributed by atoms with Crippen molar-refractivity contribution in [1.82, 2.24) is 20.3 Å². The minimum atomic E-state index is 0.414. The molecule has 1 fully saturated rings. The molecule has 3 heterocycles. The van der Waals surface area contributed by atoms with E-state index in [4.69, 9.17) is 0 Å². The van der Waals surface area contributed by atoms with Crippen molar-refractivity contribution < 1.29 is 0 Å². The van der Waals surface area contributed by atoms with Crippen LogP contribution in [0.3, 0.4) is 0 Å². The summed E-state index contributed by atoms with van der Waals surface area (Å²) in [5.41, 5.74) is 2.39. The maximum Gasteiger partial charge on any atom is 0.225 e. The molecule has 122 valence electrons. The van der Waals surface area contributed by atoms with Crippen molar-refractivity contribution in [3.63, 3.8) is 0 Å². The maximum atomic E-state index is 4.49. The van der Waals surface area contributed by atoms with Crippen LogP contribution in [0.15, 0.2) is 35.3 Å². The van der Waals surface area contributed by atoms with Crippen LogP contribution < -0.4 is 10.2 Å². The molecule has 2 aromatic heterocycles. The molecule has 3 rings (SSSR count). The predicted octanol–water partition coefficient (Wildman–Crippen LogP) is 3.13. The van der Waals surface area contributed by atoms with E-state index >= 15 is 0 Å². The van der Waals surface area contributed by atoms with Crippen molar-refractivity contribution in [2.45, 2.75) is 32.2 Å². The van der Waals surface area contributed by atoms with Gasteiger partial charge in [0.1, 0.15) is 0 Å². The van der Waals surface area contributed by atoms with E-state index < -0.39 is 0 Å². The number of aromatic nitrogens is 3. The molecule has 5 nitrogen and oxygen atoms in total. The number of hydrogen-bond acceptors (Lipinski definition) is 5. The second-order valence-electron chi connectivity index (χ2n) is 6.01. The molecule has 1 N–H and O–H groups in total. The van der Waals surface area contributed by atoms with Gasteiger partial charge < -0.3 is 10.2 Å². The van der Waals surface area contributed by atoms with Gasteiger partial charge in [-0.1, -0.05) is 6.92 Å². The number of anilines is 1. The number of hydrogen-bond donors (Lipinski definition) is 1. The van der Waals surface area contributed by atoms with Crippen molar-refractivity contribution >= 4 is 21.9 Å². The summed E-state index contributed by atoms with van der Waals surface area (Å²) in [6.45, 7) is 6.05. The molecule has 1 aliphatic heterocycles. The number of halogens is 1. The van der Waals surface area contributed by atoms with Gasteiger partial charge in [0, 0.05) is 61.0 Å². The molecule has 1 atom stereocenters. The van der Waals surface area contributed by atoms with Crippen LogP contribution in [0.1, 0.15) is 36.8 Å². The van der Waals surface area contributed by atoms with Crippen LogP contribution in [-0.4, -0.2) is 34.6 Å². The maximum absolute atomic E-state index is 4.49.